The zero-order chi connectivity index (χ0) is 15.4. The van der Waals surface area contributed by atoms with Crippen LogP contribution in [0.15, 0.2) is 34.0 Å². The SMILES string of the molecule is CN=C(NCc1cn2cc(Br)ccc2n1)NC1CCCCC1. The second-order valence-electron chi connectivity index (χ2n) is 5.75. The van der Waals surface area contributed by atoms with Crippen LogP contribution in [0.1, 0.15) is 37.8 Å². The van der Waals surface area contributed by atoms with E-state index in [4.69, 9.17) is 0 Å². The van der Waals surface area contributed by atoms with Crippen molar-refractivity contribution in [3.8, 4) is 0 Å². The summed E-state index contributed by atoms with van der Waals surface area (Å²) >= 11 is 3.48. The Hall–Kier alpha value is -1.56. The number of aliphatic imine (C=N–C) groups is 1. The smallest absolute Gasteiger partial charge is 0.191 e. The largest absolute Gasteiger partial charge is 0.354 e. The molecule has 1 aliphatic carbocycles. The van der Waals surface area contributed by atoms with Crippen LogP contribution in [0, 0.1) is 0 Å². The Labute approximate surface area is 139 Å². The molecule has 0 saturated heterocycles. The Balaban J connectivity index is 1.59. The Bertz CT molecular complexity index is 658. The first-order chi connectivity index (χ1) is 10.7. The molecule has 0 unspecified atom stereocenters. The van der Waals surface area contributed by atoms with Crippen LogP contribution < -0.4 is 10.6 Å². The molecule has 0 radical (unpaired) electrons. The molecule has 2 aromatic heterocycles. The number of hydrogen-bond donors (Lipinski definition) is 2. The van der Waals surface area contributed by atoms with Gasteiger partial charge in [0.05, 0.1) is 12.2 Å². The van der Waals surface area contributed by atoms with E-state index in [1.807, 2.05) is 36.0 Å². The standard InChI is InChI=1S/C16H22BrN5/c1-18-16(21-13-5-3-2-4-6-13)19-9-14-11-22-10-12(17)7-8-15(22)20-14/h7-8,10-11,13H,2-6,9H2,1H3,(H2,18,19,21). The van der Waals surface area contributed by atoms with Crippen molar-refractivity contribution in [3.05, 3.63) is 34.7 Å². The number of guanidine groups is 1. The molecule has 3 rings (SSSR count). The molecule has 1 aliphatic rings. The van der Waals surface area contributed by atoms with Gasteiger partial charge in [-0.05, 0) is 40.9 Å². The minimum Gasteiger partial charge on any atom is -0.354 e. The lowest BCUT2D eigenvalue weighted by atomic mass is 9.96. The van der Waals surface area contributed by atoms with Crippen molar-refractivity contribution in [2.24, 2.45) is 4.99 Å². The monoisotopic (exact) mass is 363 g/mol. The van der Waals surface area contributed by atoms with E-state index in [0.29, 0.717) is 12.6 Å². The molecule has 0 spiro atoms. The number of nitrogens with zero attached hydrogens (tertiary/aromatic N) is 3. The van der Waals surface area contributed by atoms with E-state index >= 15 is 0 Å². The van der Waals surface area contributed by atoms with Crippen molar-refractivity contribution >= 4 is 27.5 Å². The number of aromatic nitrogens is 2. The maximum Gasteiger partial charge on any atom is 0.191 e. The van der Waals surface area contributed by atoms with E-state index in [-0.39, 0.29) is 0 Å². The van der Waals surface area contributed by atoms with Crippen molar-refractivity contribution < 1.29 is 0 Å². The summed E-state index contributed by atoms with van der Waals surface area (Å²) in [6.07, 6.45) is 10.5. The summed E-state index contributed by atoms with van der Waals surface area (Å²) in [5.41, 5.74) is 1.96. The molecule has 0 bridgehead atoms. The van der Waals surface area contributed by atoms with E-state index in [2.05, 4.69) is 36.5 Å². The van der Waals surface area contributed by atoms with Crippen LogP contribution >= 0.6 is 15.9 Å². The number of rotatable bonds is 3. The number of pyridine rings is 1. The summed E-state index contributed by atoms with van der Waals surface area (Å²) in [4.78, 5) is 8.92. The molecule has 2 N–H and O–H groups in total. The molecule has 0 atom stereocenters. The van der Waals surface area contributed by atoms with E-state index < -0.39 is 0 Å². The van der Waals surface area contributed by atoms with Gasteiger partial charge in [0, 0.05) is 30.0 Å². The third-order valence-corrected chi connectivity index (χ3v) is 4.54. The molecule has 1 fully saturated rings. The Morgan fingerprint density at radius 1 is 1.32 bits per heavy atom. The van der Waals surface area contributed by atoms with Gasteiger partial charge < -0.3 is 15.0 Å². The van der Waals surface area contributed by atoms with E-state index in [1.165, 1.54) is 32.1 Å². The van der Waals surface area contributed by atoms with Gasteiger partial charge in [0.15, 0.2) is 5.96 Å². The molecule has 118 valence electrons. The first kappa shape index (κ1) is 15.3. The lowest BCUT2D eigenvalue weighted by Gasteiger charge is -2.24. The van der Waals surface area contributed by atoms with E-state index in [9.17, 15) is 0 Å². The molecule has 0 aliphatic heterocycles. The fourth-order valence-corrected chi connectivity index (χ4v) is 3.26. The van der Waals surface area contributed by atoms with E-state index in [1.54, 1.807) is 0 Å². The lowest BCUT2D eigenvalue weighted by Crippen LogP contribution is -2.43. The highest BCUT2D eigenvalue weighted by atomic mass is 79.9. The van der Waals surface area contributed by atoms with Gasteiger partial charge in [-0.1, -0.05) is 19.3 Å². The minimum absolute atomic E-state index is 0.553. The van der Waals surface area contributed by atoms with Crippen molar-refractivity contribution in [2.75, 3.05) is 7.05 Å². The predicted molar refractivity (Wildman–Crippen MR) is 93.1 cm³/mol. The van der Waals surface area contributed by atoms with Crippen LogP contribution in [0.25, 0.3) is 5.65 Å². The van der Waals surface area contributed by atoms with Crippen molar-refractivity contribution in [1.82, 2.24) is 20.0 Å². The van der Waals surface area contributed by atoms with Crippen LogP contribution in [0.3, 0.4) is 0 Å². The number of hydrogen-bond acceptors (Lipinski definition) is 2. The molecule has 2 aromatic rings. The van der Waals surface area contributed by atoms with E-state index in [0.717, 1.165) is 21.8 Å². The third kappa shape index (κ3) is 3.80. The zero-order valence-corrected chi connectivity index (χ0v) is 14.4. The average Bonchev–Trinajstić information content (AvgIpc) is 2.94. The summed E-state index contributed by atoms with van der Waals surface area (Å²) in [6, 6.07) is 4.56. The lowest BCUT2D eigenvalue weighted by molar-refractivity contribution is 0.410. The van der Waals surface area contributed by atoms with Gasteiger partial charge >= 0.3 is 0 Å². The second-order valence-corrected chi connectivity index (χ2v) is 6.67. The predicted octanol–water partition coefficient (Wildman–Crippen LogP) is 3.09. The Morgan fingerprint density at radius 2 is 2.14 bits per heavy atom. The van der Waals surface area contributed by atoms with Gasteiger partial charge in [-0.3, -0.25) is 4.99 Å². The minimum atomic E-state index is 0.553. The van der Waals surface area contributed by atoms with Crippen LogP contribution in [-0.2, 0) is 6.54 Å². The molecule has 2 heterocycles. The molecule has 5 nitrogen and oxygen atoms in total. The summed E-state index contributed by atoms with van der Waals surface area (Å²) in [6.45, 7) is 0.672. The first-order valence-electron chi connectivity index (χ1n) is 7.85. The third-order valence-electron chi connectivity index (χ3n) is 4.07. The fraction of sp³-hybridized carbons (Fsp3) is 0.500. The fourth-order valence-electron chi connectivity index (χ4n) is 2.91. The molecule has 22 heavy (non-hydrogen) atoms. The normalized spacial score (nSPS) is 16.9. The maximum atomic E-state index is 4.60. The van der Waals surface area contributed by atoms with Crippen molar-refractivity contribution in [2.45, 2.75) is 44.7 Å². The quantitative estimate of drug-likeness (QED) is 0.650. The van der Waals surface area contributed by atoms with Crippen LogP contribution in [0.2, 0.25) is 0 Å². The number of fused-ring (bicyclic) bond motifs is 1. The molecule has 1 saturated carbocycles. The highest BCUT2D eigenvalue weighted by Crippen LogP contribution is 2.17. The van der Waals surface area contributed by atoms with Gasteiger partial charge in [0.1, 0.15) is 5.65 Å². The number of halogens is 1. The topological polar surface area (TPSA) is 53.7 Å². The van der Waals surface area contributed by atoms with Gasteiger partial charge in [0.25, 0.3) is 0 Å². The average molecular weight is 364 g/mol. The zero-order valence-electron chi connectivity index (χ0n) is 12.8. The summed E-state index contributed by atoms with van der Waals surface area (Å²) in [5.74, 6) is 0.866. The van der Waals surface area contributed by atoms with Crippen LogP contribution in [-0.4, -0.2) is 28.4 Å². The number of imidazole rings is 1. The summed E-state index contributed by atoms with van der Waals surface area (Å²) in [5, 5.41) is 6.88. The number of nitrogens with one attached hydrogen (secondary N) is 2. The highest BCUT2D eigenvalue weighted by Gasteiger charge is 2.14. The van der Waals surface area contributed by atoms with Gasteiger partial charge in [0.2, 0.25) is 0 Å². The molecule has 0 amide bonds. The Kier molecular flexibility index (Phi) is 4.97. The maximum absolute atomic E-state index is 4.60. The van der Waals surface area contributed by atoms with Gasteiger partial charge in [-0.2, -0.15) is 0 Å². The first-order valence-corrected chi connectivity index (χ1v) is 8.64. The molecular weight excluding hydrogens is 342 g/mol. The second kappa shape index (κ2) is 7.13. The van der Waals surface area contributed by atoms with Gasteiger partial charge in [-0.25, -0.2) is 4.98 Å². The molecular formula is C16H22BrN5. The molecule has 6 heteroatoms. The summed E-state index contributed by atoms with van der Waals surface area (Å²) in [7, 11) is 1.82. The van der Waals surface area contributed by atoms with Crippen molar-refractivity contribution in [3.63, 3.8) is 0 Å². The molecule has 0 aromatic carbocycles. The van der Waals surface area contributed by atoms with Gasteiger partial charge in [-0.15, -0.1) is 0 Å². The highest BCUT2D eigenvalue weighted by molar-refractivity contribution is 9.10. The Morgan fingerprint density at radius 3 is 2.91 bits per heavy atom. The van der Waals surface area contributed by atoms with Crippen LogP contribution in [0.4, 0.5) is 0 Å². The van der Waals surface area contributed by atoms with Crippen LogP contribution in [0.5, 0.6) is 0 Å². The summed E-state index contributed by atoms with van der Waals surface area (Å²) < 4.78 is 3.07. The van der Waals surface area contributed by atoms with Crippen molar-refractivity contribution in [1.29, 1.82) is 0 Å².